The molecule has 0 unspecified atom stereocenters. The Labute approximate surface area is 153 Å². The summed E-state index contributed by atoms with van der Waals surface area (Å²) in [6, 6.07) is 14.6. The number of amides is 1. The number of carbonyl (C=O) groups excluding carboxylic acids is 1. The summed E-state index contributed by atoms with van der Waals surface area (Å²) in [5.74, 6) is -0.522. The van der Waals surface area contributed by atoms with Crippen molar-refractivity contribution in [1.29, 1.82) is 0 Å². The average Bonchev–Trinajstić information content (AvgIpc) is 3.21. The maximum atomic E-state index is 13.6. The molecule has 2 aromatic heterocycles. The fourth-order valence-corrected chi connectivity index (χ4v) is 3.62. The monoisotopic (exact) mass is 365 g/mol. The Morgan fingerprint density at radius 2 is 2.04 bits per heavy atom. The van der Waals surface area contributed by atoms with Gasteiger partial charge in [0.1, 0.15) is 5.82 Å². The number of hydrogen-bond donors (Lipinski definition) is 1. The van der Waals surface area contributed by atoms with Gasteiger partial charge in [0, 0.05) is 28.5 Å². The van der Waals surface area contributed by atoms with Crippen LogP contribution in [0.1, 0.15) is 11.3 Å². The Morgan fingerprint density at radius 3 is 2.81 bits per heavy atom. The highest BCUT2D eigenvalue weighted by atomic mass is 32.1. The number of aromatic nitrogens is 2. The van der Waals surface area contributed by atoms with Crippen LogP contribution in [-0.2, 0) is 11.2 Å². The number of carbonyl (C=O) groups is 1. The Morgan fingerprint density at radius 1 is 1.23 bits per heavy atom. The molecule has 130 valence electrons. The Bertz CT molecular complexity index is 1090. The summed E-state index contributed by atoms with van der Waals surface area (Å²) in [5, 5.41) is 4.67. The summed E-state index contributed by atoms with van der Waals surface area (Å²) in [4.78, 5) is 17.8. The van der Waals surface area contributed by atoms with Crippen LogP contribution in [0, 0.1) is 12.7 Å². The standard InChI is InChI=1S/C20H16FN3OS/c1-13-7-8-15(9-17(13)21)22-19(25)10-16-12-26-20-23-18(11-24(16)20)14-5-3-2-4-6-14/h2-9,11-12H,10H2,1H3,(H,22,25). The SMILES string of the molecule is Cc1ccc(NC(=O)Cc2csc3nc(-c4ccccc4)cn23)cc1F. The van der Waals surface area contributed by atoms with E-state index in [4.69, 9.17) is 0 Å². The Kier molecular flexibility index (Phi) is 4.26. The number of aryl methyl sites for hydroxylation is 1. The van der Waals surface area contributed by atoms with Gasteiger partial charge in [0.25, 0.3) is 0 Å². The Hall–Kier alpha value is -2.99. The third-order valence-corrected chi connectivity index (χ3v) is 5.04. The lowest BCUT2D eigenvalue weighted by molar-refractivity contribution is -0.115. The highest BCUT2D eigenvalue weighted by Crippen LogP contribution is 2.24. The van der Waals surface area contributed by atoms with E-state index in [0.717, 1.165) is 21.9 Å². The first kappa shape index (κ1) is 16.5. The maximum absolute atomic E-state index is 13.6. The van der Waals surface area contributed by atoms with Crippen LogP contribution in [0.3, 0.4) is 0 Å². The van der Waals surface area contributed by atoms with Crippen LogP contribution >= 0.6 is 11.3 Å². The second-order valence-corrected chi connectivity index (χ2v) is 6.90. The lowest BCUT2D eigenvalue weighted by atomic mass is 10.2. The highest BCUT2D eigenvalue weighted by molar-refractivity contribution is 7.15. The van der Waals surface area contributed by atoms with Crippen LogP contribution in [-0.4, -0.2) is 15.3 Å². The lowest BCUT2D eigenvalue weighted by Gasteiger charge is -2.06. The van der Waals surface area contributed by atoms with Crippen molar-refractivity contribution in [2.45, 2.75) is 13.3 Å². The van der Waals surface area contributed by atoms with E-state index in [1.54, 1.807) is 19.1 Å². The first-order valence-corrected chi connectivity index (χ1v) is 9.05. The topological polar surface area (TPSA) is 46.4 Å². The fraction of sp³-hybridized carbons (Fsp3) is 0.100. The molecule has 0 aliphatic rings. The summed E-state index contributed by atoms with van der Waals surface area (Å²) in [6.07, 6.45) is 2.13. The second-order valence-electron chi connectivity index (χ2n) is 6.06. The largest absolute Gasteiger partial charge is 0.326 e. The van der Waals surface area contributed by atoms with E-state index in [9.17, 15) is 9.18 Å². The van der Waals surface area contributed by atoms with Gasteiger partial charge in [-0.15, -0.1) is 11.3 Å². The van der Waals surface area contributed by atoms with Crippen molar-refractivity contribution in [1.82, 2.24) is 9.38 Å². The lowest BCUT2D eigenvalue weighted by Crippen LogP contribution is -2.15. The first-order chi connectivity index (χ1) is 12.6. The number of hydrogen-bond acceptors (Lipinski definition) is 3. The molecule has 0 aliphatic heterocycles. The molecule has 2 aromatic carbocycles. The second kappa shape index (κ2) is 6.72. The molecular weight excluding hydrogens is 349 g/mol. The molecule has 4 aromatic rings. The van der Waals surface area contributed by atoms with E-state index in [0.29, 0.717) is 11.3 Å². The van der Waals surface area contributed by atoms with E-state index in [-0.39, 0.29) is 18.1 Å². The molecule has 2 heterocycles. The van der Waals surface area contributed by atoms with Crippen molar-refractivity contribution < 1.29 is 9.18 Å². The van der Waals surface area contributed by atoms with Crippen LogP contribution in [0.2, 0.25) is 0 Å². The van der Waals surface area contributed by atoms with Crippen molar-refractivity contribution in [3.63, 3.8) is 0 Å². The number of nitrogens with one attached hydrogen (secondary N) is 1. The van der Waals surface area contributed by atoms with Gasteiger partial charge in [-0.25, -0.2) is 9.37 Å². The molecule has 26 heavy (non-hydrogen) atoms. The van der Waals surface area contributed by atoms with Crippen molar-refractivity contribution in [3.8, 4) is 11.3 Å². The summed E-state index contributed by atoms with van der Waals surface area (Å²) in [5.41, 5.74) is 3.77. The predicted octanol–water partition coefficient (Wildman–Crippen LogP) is 4.69. The van der Waals surface area contributed by atoms with Gasteiger partial charge in [-0.2, -0.15) is 0 Å². The van der Waals surface area contributed by atoms with Gasteiger partial charge in [-0.05, 0) is 24.6 Å². The molecule has 4 rings (SSSR count). The number of benzene rings is 2. The van der Waals surface area contributed by atoms with E-state index in [2.05, 4.69) is 10.3 Å². The number of anilines is 1. The van der Waals surface area contributed by atoms with E-state index >= 15 is 0 Å². The number of fused-ring (bicyclic) bond motifs is 1. The van der Waals surface area contributed by atoms with E-state index in [1.807, 2.05) is 46.3 Å². The quantitative estimate of drug-likeness (QED) is 0.570. The number of imidazole rings is 1. The molecule has 0 aliphatic carbocycles. The van der Waals surface area contributed by atoms with Crippen molar-refractivity contribution >= 4 is 27.9 Å². The molecule has 0 bridgehead atoms. The van der Waals surface area contributed by atoms with Gasteiger partial charge in [-0.1, -0.05) is 36.4 Å². The zero-order valence-corrected chi connectivity index (χ0v) is 14.9. The van der Waals surface area contributed by atoms with Crippen LogP contribution < -0.4 is 5.32 Å². The van der Waals surface area contributed by atoms with Gasteiger partial charge in [-0.3, -0.25) is 9.20 Å². The summed E-state index contributed by atoms with van der Waals surface area (Å²) in [7, 11) is 0. The summed E-state index contributed by atoms with van der Waals surface area (Å²) >= 11 is 1.49. The zero-order chi connectivity index (χ0) is 18.1. The normalized spacial score (nSPS) is 11.0. The zero-order valence-electron chi connectivity index (χ0n) is 14.1. The molecule has 4 nitrogen and oxygen atoms in total. The van der Waals surface area contributed by atoms with Gasteiger partial charge >= 0.3 is 0 Å². The molecule has 1 amide bonds. The molecular formula is C20H16FN3OS. The van der Waals surface area contributed by atoms with Crippen LogP contribution in [0.5, 0.6) is 0 Å². The molecule has 1 N–H and O–H groups in total. The van der Waals surface area contributed by atoms with Gasteiger partial charge in [0.05, 0.1) is 12.1 Å². The van der Waals surface area contributed by atoms with Gasteiger partial charge in [0.2, 0.25) is 5.91 Å². The van der Waals surface area contributed by atoms with Crippen molar-refractivity contribution in [3.05, 3.63) is 77.2 Å². The third kappa shape index (κ3) is 3.23. The third-order valence-electron chi connectivity index (χ3n) is 4.15. The number of halogens is 1. The fourth-order valence-electron chi connectivity index (χ4n) is 2.74. The summed E-state index contributed by atoms with van der Waals surface area (Å²) in [6.45, 7) is 1.69. The van der Waals surface area contributed by atoms with Gasteiger partial charge < -0.3 is 5.32 Å². The minimum atomic E-state index is -0.331. The molecule has 0 radical (unpaired) electrons. The molecule has 0 fully saturated rings. The molecule has 0 atom stereocenters. The van der Waals surface area contributed by atoms with E-state index in [1.165, 1.54) is 17.4 Å². The van der Waals surface area contributed by atoms with Crippen molar-refractivity contribution in [2.24, 2.45) is 0 Å². The van der Waals surface area contributed by atoms with Crippen LogP contribution in [0.15, 0.2) is 60.1 Å². The number of rotatable bonds is 4. The maximum Gasteiger partial charge on any atom is 0.230 e. The minimum absolute atomic E-state index is 0.192. The minimum Gasteiger partial charge on any atom is -0.326 e. The first-order valence-electron chi connectivity index (χ1n) is 8.17. The number of nitrogens with zero attached hydrogens (tertiary/aromatic N) is 2. The van der Waals surface area contributed by atoms with Gasteiger partial charge in [0.15, 0.2) is 4.96 Å². The predicted molar refractivity (Wildman–Crippen MR) is 102 cm³/mol. The average molecular weight is 365 g/mol. The summed E-state index contributed by atoms with van der Waals surface area (Å²) < 4.78 is 15.6. The molecule has 0 spiro atoms. The van der Waals surface area contributed by atoms with Crippen LogP contribution in [0.4, 0.5) is 10.1 Å². The molecule has 6 heteroatoms. The van der Waals surface area contributed by atoms with Crippen LogP contribution in [0.25, 0.3) is 16.2 Å². The van der Waals surface area contributed by atoms with Crippen molar-refractivity contribution in [2.75, 3.05) is 5.32 Å². The van der Waals surface area contributed by atoms with E-state index < -0.39 is 0 Å². The highest BCUT2D eigenvalue weighted by Gasteiger charge is 2.13. The molecule has 0 saturated heterocycles. The smallest absolute Gasteiger partial charge is 0.230 e. The Balaban J connectivity index is 1.54. The molecule has 0 saturated carbocycles. The number of thiazole rings is 1.